The SMILES string of the molecule is CCCCCCC(=O)c1c(O)cc(O)cc1O. The molecule has 1 aromatic carbocycles. The summed E-state index contributed by atoms with van der Waals surface area (Å²) in [5.41, 5.74) is -0.0979. The Kier molecular flexibility index (Phi) is 4.82. The van der Waals surface area contributed by atoms with Gasteiger partial charge in [0.15, 0.2) is 5.78 Å². The molecule has 0 aliphatic carbocycles. The largest absolute Gasteiger partial charge is 0.508 e. The number of Topliss-reactive ketones (excluding diaryl/α,β-unsaturated/α-hetero) is 1. The molecule has 0 aliphatic heterocycles. The van der Waals surface area contributed by atoms with Gasteiger partial charge in [-0.1, -0.05) is 26.2 Å². The molecule has 1 aromatic rings. The maximum Gasteiger partial charge on any atom is 0.170 e. The van der Waals surface area contributed by atoms with Crippen LogP contribution in [0.3, 0.4) is 0 Å². The minimum atomic E-state index is -0.372. The number of phenols is 3. The van der Waals surface area contributed by atoms with Crippen LogP contribution in [-0.4, -0.2) is 21.1 Å². The van der Waals surface area contributed by atoms with Gasteiger partial charge in [-0.3, -0.25) is 4.79 Å². The van der Waals surface area contributed by atoms with Gasteiger partial charge in [0.2, 0.25) is 0 Å². The van der Waals surface area contributed by atoms with Crippen LogP contribution < -0.4 is 0 Å². The summed E-state index contributed by atoms with van der Waals surface area (Å²) in [6.07, 6.45) is 4.16. The maximum atomic E-state index is 11.8. The first-order valence-corrected chi connectivity index (χ1v) is 5.84. The van der Waals surface area contributed by atoms with E-state index in [-0.39, 0.29) is 28.6 Å². The molecule has 0 spiro atoms. The minimum absolute atomic E-state index is 0.0979. The molecule has 0 saturated heterocycles. The molecule has 0 heterocycles. The molecule has 0 saturated carbocycles. The van der Waals surface area contributed by atoms with Gasteiger partial charge in [-0.15, -0.1) is 0 Å². The van der Waals surface area contributed by atoms with Gasteiger partial charge in [-0.2, -0.15) is 0 Å². The van der Waals surface area contributed by atoms with Crippen molar-refractivity contribution in [2.45, 2.75) is 39.0 Å². The summed E-state index contributed by atoms with van der Waals surface area (Å²) < 4.78 is 0. The zero-order valence-corrected chi connectivity index (χ0v) is 9.94. The number of aromatic hydroxyl groups is 3. The van der Waals surface area contributed by atoms with Crippen LogP contribution in [0.5, 0.6) is 17.2 Å². The van der Waals surface area contributed by atoms with E-state index in [1.165, 1.54) is 0 Å². The van der Waals surface area contributed by atoms with E-state index in [1.54, 1.807) is 0 Å². The Labute approximate surface area is 101 Å². The first-order chi connectivity index (χ1) is 8.06. The summed E-state index contributed by atoms with van der Waals surface area (Å²) in [5, 5.41) is 28.1. The van der Waals surface area contributed by atoms with Gasteiger partial charge in [0, 0.05) is 18.6 Å². The standard InChI is InChI=1S/C13H18O4/c1-2-3-4-5-6-10(15)13-11(16)7-9(14)8-12(13)17/h7-8,14,16-17H,2-6H2,1H3. The van der Waals surface area contributed by atoms with E-state index in [1.807, 2.05) is 0 Å². The van der Waals surface area contributed by atoms with Crippen LogP contribution in [0.2, 0.25) is 0 Å². The van der Waals surface area contributed by atoms with Crippen LogP contribution in [0.25, 0.3) is 0 Å². The smallest absolute Gasteiger partial charge is 0.170 e. The highest BCUT2D eigenvalue weighted by molar-refractivity contribution is 6.01. The van der Waals surface area contributed by atoms with E-state index in [0.717, 1.165) is 37.8 Å². The summed E-state index contributed by atoms with van der Waals surface area (Å²) >= 11 is 0. The molecule has 0 fully saturated rings. The Morgan fingerprint density at radius 1 is 1.06 bits per heavy atom. The third-order valence-electron chi connectivity index (χ3n) is 2.62. The highest BCUT2D eigenvalue weighted by atomic mass is 16.3. The lowest BCUT2D eigenvalue weighted by molar-refractivity contribution is 0.0974. The Balaban J connectivity index is 2.69. The van der Waals surface area contributed by atoms with Crippen molar-refractivity contribution in [1.29, 1.82) is 0 Å². The molecule has 0 aromatic heterocycles. The zero-order valence-electron chi connectivity index (χ0n) is 9.94. The monoisotopic (exact) mass is 238 g/mol. The van der Waals surface area contributed by atoms with Crippen molar-refractivity contribution in [3.63, 3.8) is 0 Å². The first kappa shape index (κ1) is 13.4. The predicted molar refractivity (Wildman–Crippen MR) is 64.5 cm³/mol. The number of ketones is 1. The molecular formula is C13H18O4. The van der Waals surface area contributed by atoms with Gasteiger partial charge in [0.25, 0.3) is 0 Å². The van der Waals surface area contributed by atoms with Gasteiger partial charge in [-0.25, -0.2) is 0 Å². The van der Waals surface area contributed by atoms with Gasteiger partial charge in [0.05, 0.1) is 0 Å². The van der Waals surface area contributed by atoms with E-state index in [4.69, 9.17) is 5.11 Å². The second-order valence-electron chi connectivity index (χ2n) is 4.09. The molecule has 4 heteroatoms. The van der Waals surface area contributed by atoms with Crippen molar-refractivity contribution in [2.24, 2.45) is 0 Å². The first-order valence-electron chi connectivity index (χ1n) is 5.84. The number of carbonyl (C=O) groups is 1. The van der Waals surface area contributed by atoms with Crippen molar-refractivity contribution in [1.82, 2.24) is 0 Å². The summed E-state index contributed by atoms with van der Waals surface area (Å²) in [6, 6.07) is 2.11. The number of benzene rings is 1. The Morgan fingerprint density at radius 2 is 1.65 bits per heavy atom. The molecule has 0 radical (unpaired) electrons. The topological polar surface area (TPSA) is 77.8 Å². The average Bonchev–Trinajstić information content (AvgIpc) is 2.23. The number of carbonyl (C=O) groups excluding carboxylic acids is 1. The quantitative estimate of drug-likeness (QED) is 0.526. The van der Waals surface area contributed by atoms with Crippen molar-refractivity contribution in [3.8, 4) is 17.2 Å². The highest BCUT2D eigenvalue weighted by Crippen LogP contribution is 2.33. The van der Waals surface area contributed by atoms with Crippen LogP contribution in [-0.2, 0) is 0 Å². The second kappa shape index (κ2) is 6.13. The molecule has 3 N–H and O–H groups in total. The molecule has 1 rings (SSSR count). The number of phenolic OH excluding ortho intramolecular Hbond substituents is 3. The second-order valence-corrected chi connectivity index (χ2v) is 4.09. The molecule has 0 bridgehead atoms. The number of unbranched alkanes of at least 4 members (excludes halogenated alkanes) is 3. The minimum Gasteiger partial charge on any atom is -0.508 e. The normalized spacial score (nSPS) is 10.4. The Morgan fingerprint density at radius 3 is 2.18 bits per heavy atom. The third kappa shape index (κ3) is 3.66. The van der Waals surface area contributed by atoms with E-state index in [0.29, 0.717) is 6.42 Å². The molecule has 0 unspecified atom stereocenters. The summed E-state index contributed by atoms with van der Waals surface area (Å²) in [6.45, 7) is 2.08. The van der Waals surface area contributed by atoms with Crippen molar-refractivity contribution >= 4 is 5.78 Å². The van der Waals surface area contributed by atoms with Crippen molar-refractivity contribution in [3.05, 3.63) is 17.7 Å². The van der Waals surface area contributed by atoms with Crippen LogP contribution in [0.15, 0.2) is 12.1 Å². The Bertz CT molecular complexity index is 375. The zero-order chi connectivity index (χ0) is 12.8. The lowest BCUT2D eigenvalue weighted by atomic mass is 10.0. The maximum absolute atomic E-state index is 11.8. The number of hydrogen-bond donors (Lipinski definition) is 3. The lowest BCUT2D eigenvalue weighted by Gasteiger charge is -2.07. The van der Waals surface area contributed by atoms with Crippen molar-refractivity contribution < 1.29 is 20.1 Å². The Hall–Kier alpha value is -1.71. The molecule has 0 amide bonds. The number of rotatable bonds is 6. The fourth-order valence-electron chi connectivity index (χ4n) is 1.72. The van der Waals surface area contributed by atoms with Crippen LogP contribution in [0.1, 0.15) is 49.4 Å². The third-order valence-corrected chi connectivity index (χ3v) is 2.62. The molecule has 94 valence electrons. The summed E-state index contributed by atoms with van der Waals surface area (Å²) in [5.74, 6) is -1.30. The van der Waals surface area contributed by atoms with E-state index in [2.05, 4.69) is 6.92 Å². The van der Waals surface area contributed by atoms with Crippen LogP contribution in [0.4, 0.5) is 0 Å². The molecule has 0 aliphatic rings. The van der Waals surface area contributed by atoms with Crippen LogP contribution >= 0.6 is 0 Å². The van der Waals surface area contributed by atoms with Gasteiger partial charge in [0.1, 0.15) is 22.8 Å². The molecule has 4 nitrogen and oxygen atoms in total. The predicted octanol–water partition coefficient (Wildman–Crippen LogP) is 2.96. The van der Waals surface area contributed by atoms with Gasteiger partial charge < -0.3 is 15.3 Å². The van der Waals surface area contributed by atoms with E-state index >= 15 is 0 Å². The fourth-order valence-corrected chi connectivity index (χ4v) is 1.72. The fraction of sp³-hybridized carbons (Fsp3) is 0.462. The average molecular weight is 238 g/mol. The van der Waals surface area contributed by atoms with Gasteiger partial charge >= 0.3 is 0 Å². The van der Waals surface area contributed by atoms with E-state index < -0.39 is 0 Å². The van der Waals surface area contributed by atoms with Crippen LogP contribution in [0, 0.1) is 0 Å². The number of hydrogen-bond acceptors (Lipinski definition) is 4. The van der Waals surface area contributed by atoms with E-state index in [9.17, 15) is 15.0 Å². The molecular weight excluding hydrogens is 220 g/mol. The van der Waals surface area contributed by atoms with Crippen molar-refractivity contribution in [2.75, 3.05) is 0 Å². The summed E-state index contributed by atoms with van der Waals surface area (Å²) in [7, 11) is 0. The molecule has 0 atom stereocenters. The summed E-state index contributed by atoms with van der Waals surface area (Å²) in [4.78, 5) is 11.8. The lowest BCUT2D eigenvalue weighted by Crippen LogP contribution is -2.00. The highest BCUT2D eigenvalue weighted by Gasteiger charge is 2.17. The molecule has 17 heavy (non-hydrogen) atoms. The van der Waals surface area contributed by atoms with Gasteiger partial charge in [-0.05, 0) is 6.42 Å².